The summed E-state index contributed by atoms with van der Waals surface area (Å²) in [5.74, 6) is -1.29. The van der Waals surface area contributed by atoms with Gasteiger partial charge >= 0.3 is 11.7 Å². The van der Waals surface area contributed by atoms with Crippen molar-refractivity contribution < 1.29 is 18.3 Å². The molecule has 19 heavy (non-hydrogen) atoms. The second-order valence-corrected chi connectivity index (χ2v) is 6.51. The fraction of sp³-hybridized carbons (Fsp3) is 0.273. The second-order valence-electron chi connectivity index (χ2n) is 4.25. The molecule has 0 radical (unpaired) electrons. The van der Waals surface area contributed by atoms with Crippen molar-refractivity contribution in [2.45, 2.75) is 6.54 Å². The molecule has 2 aromatic rings. The van der Waals surface area contributed by atoms with Crippen LogP contribution >= 0.6 is 0 Å². The van der Waals surface area contributed by atoms with Gasteiger partial charge in [-0.25, -0.2) is 18.0 Å². The van der Waals surface area contributed by atoms with Gasteiger partial charge < -0.3 is 10.1 Å². The van der Waals surface area contributed by atoms with Gasteiger partial charge in [-0.15, -0.1) is 0 Å². The summed E-state index contributed by atoms with van der Waals surface area (Å²) >= 11 is 0. The van der Waals surface area contributed by atoms with E-state index in [4.69, 9.17) is 5.11 Å². The van der Waals surface area contributed by atoms with Crippen LogP contribution in [0.4, 0.5) is 0 Å². The number of fused-ring (bicyclic) bond motifs is 1. The summed E-state index contributed by atoms with van der Waals surface area (Å²) in [6.45, 7) is -0.0132. The van der Waals surface area contributed by atoms with Gasteiger partial charge in [-0.3, -0.25) is 4.57 Å². The van der Waals surface area contributed by atoms with Crippen molar-refractivity contribution in [3.05, 3.63) is 34.2 Å². The summed E-state index contributed by atoms with van der Waals surface area (Å²) in [6, 6.07) is 4.20. The van der Waals surface area contributed by atoms with Crippen LogP contribution in [0.3, 0.4) is 0 Å². The number of aromatic amines is 1. The highest BCUT2D eigenvalue weighted by Crippen LogP contribution is 2.13. The molecule has 2 N–H and O–H groups in total. The zero-order chi connectivity index (χ0) is 14.2. The van der Waals surface area contributed by atoms with E-state index in [1.165, 1.54) is 22.8 Å². The molecule has 1 heterocycles. The van der Waals surface area contributed by atoms with Gasteiger partial charge in [0.2, 0.25) is 0 Å². The average Bonchev–Trinajstić information content (AvgIpc) is 2.60. The Morgan fingerprint density at radius 2 is 2.11 bits per heavy atom. The van der Waals surface area contributed by atoms with Crippen LogP contribution in [0, 0.1) is 0 Å². The van der Waals surface area contributed by atoms with Crippen molar-refractivity contribution in [1.29, 1.82) is 0 Å². The third-order valence-electron chi connectivity index (χ3n) is 2.71. The Hall–Kier alpha value is -2.09. The standard InChI is InChI=1S/C11H12N2O5S/c1-19(17,18)5-4-13-9-6-7(10(14)15)2-3-8(9)12-11(13)16/h2-3,6H,4-5H2,1H3,(H,12,16)(H,14,15). The lowest BCUT2D eigenvalue weighted by atomic mass is 10.2. The quantitative estimate of drug-likeness (QED) is 0.825. The minimum absolute atomic E-state index is 0.0132. The first-order valence-corrected chi connectivity index (χ1v) is 7.47. The molecule has 0 spiro atoms. The van der Waals surface area contributed by atoms with Crippen molar-refractivity contribution in [2.24, 2.45) is 0 Å². The normalized spacial score (nSPS) is 11.8. The number of rotatable bonds is 4. The smallest absolute Gasteiger partial charge is 0.335 e. The first-order chi connectivity index (χ1) is 8.78. The maximum Gasteiger partial charge on any atom is 0.335 e. The van der Waals surface area contributed by atoms with Gasteiger partial charge in [0.1, 0.15) is 9.84 Å². The number of aryl methyl sites for hydroxylation is 1. The molecule has 7 nitrogen and oxygen atoms in total. The Labute approximate surface area is 108 Å². The van der Waals surface area contributed by atoms with Crippen LogP contribution in [0.2, 0.25) is 0 Å². The lowest BCUT2D eigenvalue weighted by Gasteiger charge is -2.02. The van der Waals surface area contributed by atoms with Crippen LogP contribution in [0.15, 0.2) is 23.0 Å². The van der Waals surface area contributed by atoms with Crippen molar-refractivity contribution in [3.8, 4) is 0 Å². The van der Waals surface area contributed by atoms with Gasteiger partial charge in [-0.2, -0.15) is 0 Å². The van der Waals surface area contributed by atoms with E-state index in [0.29, 0.717) is 11.0 Å². The molecular weight excluding hydrogens is 272 g/mol. The molecule has 0 fully saturated rings. The summed E-state index contributed by atoms with van der Waals surface area (Å²) in [7, 11) is -3.20. The molecule has 0 aliphatic rings. The number of nitrogens with zero attached hydrogens (tertiary/aromatic N) is 1. The van der Waals surface area contributed by atoms with Crippen molar-refractivity contribution in [1.82, 2.24) is 9.55 Å². The van der Waals surface area contributed by atoms with E-state index in [1.54, 1.807) is 0 Å². The first kappa shape index (κ1) is 13.3. The predicted octanol–water partition coefficient (Wildman–Crippen LogP) is 0.0724. The first-order valence-electron chi connectivity index (χ1n) is 5.41. The van der Waals surface area contributed by atoms with Crippen molar-refractivity contribution >= 4 is 26.8 Å². The van der Waals surface area contributed by atoms with Crippen molar-refractivity contribution in [2.75, 3.05) is 12.0 Å². The predicted molar refractivity (Wildman–Crippen MR) is 69.2 cm³/mol. The Kier molecular flexibility index (Phi) is 3.19. The summed E-state index contributed by atoms with van der Waals surface area (Å²) < 4.78 is 23.5. The highest BCUT2D eigenvalue weighted by Gasteiger charge is 2.12. The monoisotopic (exact) mass is 284 g/mol. The van der Waals surface area contributed by atoms with Crippen LogP contribution in [-0.4, -0.2) is 41.1 Å². The van der Waals surface area contributed by atoms with Crippen LogP contribution < -0.4 is 5.69 Å². The molecule has 0 saturated carbocycles. The van der Waals surface area contributed by atoms with E-state index < -0.39 is 21.5 Å². The van der Waals surface area contributed by atoms with Crippen LogP contribution in [-0.2, 0) is 16.4 Å². The van der Waals surface area contributed by atoms with E-state index in [1.807, 2.05) is 0 Å². The number of aromatic nitrogens is 2. The zero-order valence-electron chi connectivity index (χ0n) is 10.1. The molecule has 0 amide bonds. The van der Waals surface area contributed by atoms with Gasteiger partial charge in [-0.05, 0) is 18.2 Å². The van der Waals surface area contributed by atoms with Crippen LogP contribution in [0.25, 0.3) is 11.0 Å². The molecule has 8 heteroatoms. The largest absolute Gasteiger partial charge is 0.478 e. The van der Waals surface area contributed by atoms with Crippen LogP contribution in [0.5, 0.6) is 0 Å². The minimum Gasteiger partial charge on any atom is -0.478 e. The van der Waals surface area contributed by atoms with E-state index in [0.717, 1.165) is 6.26 Å². The Balaban J connectivity index is 2.53. The van der Waals surface area contributed by atoms with E-state index >= 15 is 0 Å². The highest BCUT2D eigenvalue weighted by atomic mass is 32.2. The number of imidazole rings is 1. The van der Waals surface area contributed by atoms with E-state index in [-0.39, 0.29) is 17.9 Å². The summed E-state index contributed by atoms with van der Waals surface area (Å²) in [5, 5.41) is 8.91. The number of benzene rings is 1. The Morgan fingerprint density at radius 1 is 1.42 bits per heavy atom. The van der Waals surface area contributed by atoms with Gasteiger partial charge in [-0.1, -0.05) is 0 Å². The summed E-state index contributed by atoms with van der Waals surface area (Å²) in [6.07, 6.45) is 1.08. The van der Waals surface area contributed by atoms with Gasteiger partial charge in [0.25, 0.3) is 0 Å². The van der Waals surface area contributed by atoms with E-state index in [2.05, 4.69) is 4.98 Å². The molecule has 0 unspecified atom stereocenters. The number of carbonyl (C=O) groups is 1. The number of carboxylic acid groups (broad SMARTS) is 1. The minimum atomic E-state index is -3.20. The number of nitrogens with one attached hydrogen (secondary N) is 1. The zero-order valence-corrected chi connectivity index (χ0v) is 10.9. The van der Waals surface area contributed by atoms with Gasteiger partial charge in [0.15, 0.2) is 0 Å². The third-order valence-corrected chi connectivity index (χ3v) is 3.63. The molecule has 0 bridgehead atoms. The van der Waals surface area contributed by atoms with Crippen molar-refractivity contribution in [3.63, 3.8) is 0 Å². The fourth-order valence-corrected chi connectivity index (χ4v) is 2.28. The number of aromatic carboxylic acids is 1. The fourth-order valence-electron chi connectivity index (χ4n) is 1.76. The molecule has 0 atom stereocenters. The molecule has 0 aliphatic carbocycles. The molecule has 0 saturated heterocycles. The highest BCUT2D eigenvalue weighted by molar-refractivity contribution is 7.90. The molecule has 102 valence electrons. The number of carboxylic acids is 1. The van der Waals surface area contributed by atoms with Gasteiger partial charge in [0.05, 0.1) is 22.3 Å². The summed E-state index contributed by atoms with van der Waals surface area (Å²) in [4.78, 5) is 25.1. The Morgan fingerprint density at radius 3 is 2.68 bits per heavy atom. The number of hydrogen-bond acceptors (Lipinski definition) is 4. The second kappa shape index (κ2) is 4.54. The molecular formula is C11H12N2O5S. The van der Waals surface area contributed by atoms with Crippen LogP contribution in [0.1, 0.15) is 10.4 Å². The van der Waals surface area contributed by atoms with Gasteiger partial charge in [0, 0.05) is 12.8 Å². The third kappa shape index (κ3) is 2.84. The molecule has 2 rings (SSSR count). The number of sulfone groups is 1. The maximum atomic E-state index is 11.7. The molecule has 1 aromatic carbocycles. The SMILES string of the molecule is CS(=O)(=O)CCn1c(=O)[nH]c2ccc(C(=O)O)cc21. The molecule has 1 aromatic heterocycles. The summed E-state index contributed by atoms with van der Waals surface area (Å²) in [5.41, 5.74) is 0.442. The molecule has 0 aliphatic heterocycles. The number of H-pyrrole nitrogens is 1. The maximum absolute atomic E-state index is 11.7. The average molecular weight is 284 g/mol. The number of hydrogen-bond donors (Lipinski definition) is 2. The lowest BCUT2D eigenvalue weighted by Crippen LogP contribution is -2.21. The van der Waals surface area contributed by atoms with E-state index in [9.17, 15) is 18.0 Å². The Bertz CT molecular complexity index is 800. The topological polar surface area (TPSA) is 109 Å². The lowest BCUT2D eigenvalue weighted by molar-refractivity contribution is 0.0697.